The Kier molecular flexibility index (Phi) is 3.91. The lowest BCUT2D eigenvalue weighted by Gasteiger charge is -2.25. The van der Waals surface area contributed by atoms with Gasteiger partial charge < -0.3 is 5.11 Å². The summed E-state index contributed by atoms with van der Waals surface area (Å²) in [6.07, 6.45) is 10.3. The first kappa shape index (κ1) is 11.8. The maximum Gasteiger partial charge on any atom is 0.328 e. The van der Waals surface area contributed by atoms with Crippen LogP contribution in [0.4, 0.5) is 0 Å². The second-order valence-corrected chi connectivity index (χ2v) is 4.56. The zero-order valence-electron chi connectivity index (χ0n) is 9.80. The van der Waals surface area contributed by atoms with Crippen LogP contribution in [0.1, 0.15) is 31.2 Å². The molecule has 1 heterocycles. The van der Waals surface area contributed by atoms with Crippen molar-refractivity contribution in [1.82, 2.24) is 4.98 Å². The average Bonchev–Trinajstić information content (AvgIpc) is 2.32. The maximum absolute atomic E-state index is 10.8. The first-order valence-corrected chi connectivity index (χ1v) is 6.08. The van der Waals surface area contributed by atoms with Gasteiger partial charge in [-0.3, -0.25) is 4.98 Å². The Hall–Kier alpha value is -1.64. The predicted octanol–water partition coefficient (Wildman–Crippen LogP) is 2.83. The molecule has 1 aliphatic rings. The molecule has 17 heavy (non-hydrogen) atoms. The van der Waals surface area contributed by atoms with Gasteiger partial charge in [0.05, 0.1) is 0 Å². The van der Waals surface area contributed by atoms with Crippen molar-refractivity contribution < 1.29 is 9.90 Å². The summed E-state index contributed by atoms with van der Waals surface area (Å²) in [5.41, 5.74) is 2.34. The van der Waals surface area contributed by atoms with Gasteiger partial charge in [0.25, 0.3) is 0 Å². The Morgan fingerprint density at radius 2 is 2.18 bits per heavy atom. The van der Waals surface area contributed by atoms with E-state index in [0.29, 0.717) is 5.92 Å². The van der Waals surface area contributed by atoms with Crippen molar-refractivity contribution in [3.05, 3.63) is 41.7 Å². The Morgan fingerprint density at radius 1 is 1.41 bits per heavy atom. The van der Waals surface area contributed by atoms with Gasteiger partial charge >= 0.3 is 5.97 Å². The molecule has 1 fully saturated rings. The summed E-state index contributed by atoms with van der Waals surface area (Å²) in [5, 5.41) is 8.86. The van der Waals surface area contributed by atoms with Crippen molar-refractivity contribution in [3.8, 4) is 0 Å². The minimum absolute atomic E-state index is 0.391. The number of hydrogen-bond acceptors (Lipinski definition) is 2. The van der Waals surface area contributed by atoms with E-state index in [1.165, 1.54) is 18.1 Å². The molecule has 0 amide bonds. The molecule has 1 aromatic heterocycles. The zero-order chi connectivity index (χ0) is 12.1. The van der Waals surface area contributed by atoms with Crippen LogP contribution in [0, 0.1) is 5.92 Å². The summed E-state index contributed by atoms with van der Waals surface area (Å²) in [4.78, 5) is 14.8. The largest absolute Gasteiger partial charge is 0.478 e. The van der Waals surface area contributed by atoms with E-state index in [2.05, 4.69) is 4.98 Å². The van der Waals surface area contributed by atoms with E-state index in [9.17, 15) is 4.79 Å². The van der Waals surface area contributed by atoms with E-state index < -0.39 is 5.97 Å². The van der Waals surface area contributed by atoms with Crippen LogP contribution in [0.3, 0.4) is 0 Å². The molecule has 0 spiro atoms. The highest BCUT2D eigenvalue weighted by Crippen LogP contribution is 2.31. The number of aliphatic carboxylic acids is 1. The molecule has 3 heteroatoms. The molecule has 2 rings (SSSR count). The average molecular weight is 231 g/mol. The standard InChI is InChI=1S/C14H17NO2/c16-14(17)10-13-4-2-1-3-12(13)9-11-5-7-15-8-6-11/h5-8,10,12H,1-4,9H2,(H,16,17)/b13-10+. The number of carbonyl (C=O) groups is 1. The fourth-order valence-corrected chi connectivity index (χ4v) is 2.49. The highest BCUT2D eigenvalue weighted by atomic mass is 16.4. The smallest absolute Gasteiger partial charge is 0.328 e. The molecule has 0 saturated heterocycles. The summed E-state index contributed by atoms with van der Waals surface area (Å²) in [7, 11) is 0. The lowest BCUT2D eigenvalue weighted by Crippen LogP contribution is -2.14. The third kappa shape index (κ3) is 3.41. The van der Waals surface area contributed by atoms with E-state index in [0.717, 1.165) is 31.3 Å². The third-order valence-electron chi connectivity index (χ3n) is 3.33. The fourth-order valence-electron chi connectivity index (χ4n) is 2.49. The third-order valence-corrected chi connectivity index (χ3v) is 3.33. The Balaban J connectivity index is 2.09. The highest BCUT2D eigenvalue weighted by Gasteiger charge is 2.19. The Labute approximate surface area is 101 Å². The van der Waals surface area contributed by atoms with Crippen LogP contribution < -0.4 is 0 Å². The molecule has 1 N–H and O–H groups in total. The van der Waals surface area contributed by atoms with Crippen molar-refractivity contribution in [2.75, 3.05) is 0 Å². The number of aromatic nitrogens is 1. The topological polar surface area (TPSA) is 50.2 Å². The monoisotopic (exact) mass is 231 g/mol. The molecule has 90 valence electrons. The van der Waals surface area contributed by atoms with Crippen LogP contribution in [0.5, 0.6) is 0 Å². The number of carboxylic acids is 1. The molecule has 1 aromatic rings. The van der Waals surface area contributed by atoms with Crippen molar-refractivity contribution >= 4 is 5.97 Å². The molecule has 0 bridgehead atoms. The minimum Gasteiger partial charge on any atom is -0.478 e. The van der Waals surface area contributed by atoms with E-state index >= 15 is 0 Å². The number of pyridine rings is 1. The molecule has 0 aliphatic heterocycles. The Bertz CT molecular complexity index is 411. The maximum atomic E-state index is 10.8. The second kappa shape index (κ2) is 5.62. The summed E-state index contributed by atoms with van der Waals surface area (Å²) >= 11 is 0. The van der Waals surface area contributed by atoms with Gasteiger partial charge in [0, 0.05) is 18.5 Å². The van der Waals surface area contributed by atoms with Crippen molar-refractivity contribution in [2.45, 2.75) is 32.1 Å². The van der Waals surface area contributed by atoms with Gasteiger partial charge in [-0.15, -0.1) is 0 Å². The van der Waals surface area contributed by atoms with Crippen LogP contribution in [-0.4, -0.2) is 16.1 Å². The van der Waals surface area contributed by atoms with Gasteiger partial charge in [-0.1, -0.05) is 12.0 Å². The fraction of sp³-hybridized carbons (Fsp3) is 0.429. The lowest BCUT2D eigenvalue weighted by molar-refractivity contribution is -0.131. The normalized spacial score (nSPS) is 22.6. The number of allylic oxidation sites excluding steroid dienone is 1. The predicted molar refractivity (Wildman–Crippen MR) is 65.6 cm³/mol. The van der Waals surface area contributed by atoms with Crippen molar-refractivity contribution in [2.24, 2.45) is 5.92 Å². The van der Waals surface area contributed by atoms with Gasteiger partial charge in [0.15, 0.2) is 0 Å². The van der Waals surface area contributed by atoms with Crippen LogP contribution >= 0.6 is 0 Å². The Morgan fingerprint density at radius 3 is 2.88 bits per heavy atom. The molecule has 1 aliphatic carbocycles. The SMILES string of the molecule is O=C(O)/C=C1\CCCCC1Cc1ccncc1. The first-order valence-electron chi connectivity index (χ1n) is 6.08. The number of rotatable bonds is 3. The van der Waals surface area contributed by atoms with Gasteiger partial charge in [-0.05, 0) is 49.3 Å². The van der Waals surface area contributed by atoms with Crippen LogP contribution in [0.2, 0.25) is 0 Å². The zero-order valence-corrected chi connectivity index (χ0v) is 9.80. The van der Waals surface area contributed by atoms with E-state index in [4.69, 9.17) is 5.11 Å². The summed E-state index contributed by atoms with van der Waals surface area (Å²) in [5.74, 6) is -0.427. The van der Waals surface area contributed by atoms with E-state index in [1.54, 1.807) is 12.4 Å². The summed E-state index contributed by atoms with van der Waals surface area (Å²) in [6.45, 7) is 0. The minimum atomic E-state index is -0.818. The van der Waals surface area contributed by atoms with E-state index in [1.807, 2.05) is 12.1 Å². The first-order chi connectivity index (χ1) is 8.25. The molecule has 1 atom stereocenters. The van der Waals surface area contributed by atoms with Crippen molar-refractivity contribution in [3.63, 3.8) is 0 Å². The summed E-state index contributed by atoms with van der Waals surface area (Å²) < 4.78 is 0. The molecular formula is C14H17NO2. The quantitative estimate of drug-likeness (QED) is 0.814. The van der Waals surface area contributed by atoms with Gasteiger partial charge in [0.2, 0.25) is 0 Å². The van der Waals surface area contributed by atoms with Gasteiger partial charge in [-0.25, -0.2) is 4.79 Å². The second-order valence-electron chi connectivity index (χ2n) is 4.56. The van der Waals surface area contributed by atoms with Crippen LogP contribution in [-0.2, 0) is 11.2 Å². The molecule has 1 unspecified atom stereocenters. The number of hydrogen-bond donors (Lipinski definition) is 1. The van der Waals surface area contributed by atoms with Gasteiger partial charge in [0.1, 0.15) is 0 Å². The molecule has 0 aromatic carbocycles. The molecule has 1 saturated carbocycles. The van der Waals surface area contributed by atoms with Crippen molar-refractivity contribution in [1.29, 1.82) is 0 Å². The summed E-state index contributed by atoms with van der Waals surface area (Å²) in [6, 6.07) is 4.01. The highest BCUT2D eigenvalue weighted by molar-refractivity contribution is 5.80. The number of nitrogens with zero attached hydrogens (tertiary/aromatic N) is 1. The molecule has 3 nitrogen and oxygen atoms in total. The molecule has 0 radical (unpaired) electrons. The molecular weight excluding hydrogens is 214 g/mol. The van der Waals surface area contributed by atoms with E-state index in [-0.39, 0.29) is 0 Å². The van der Waals surface area contributed by atoms with Gasteiger partial charge in [-0.2, -0.15) is 0 Å². The number of carboxylic acid groups (broad SMARTS) is 1. The van der Waals surface area contributed by atoms with Crippen LogP contribution in [0.15, 0.2) is 36.2 Å². The van der Waals surface area contributed by atoms with Crippen LogP contribution in [0.25, 0.3) is 0 Å². The lowest BCUT2D eigenvalue weighted by atomic mass is 9.80.